The molecule has 20 heavy (non-hydrogen) atoms. The lowest BCUT2D eigenvalue weighted by Gasteiger charge is -2.07. The first-order chi connectivity index (χ1) is 9.77. The predicted octanol–water partition coefficient (Wildman–Crippen LogP) is 5.78. The van der Waals surface area contributed by atoms with Gasteiger partial charge >= 0.3 is 0 Å². The van der Waals surface area contributed by atoms with Crippen molar-refractivity contribution in [2.75, 3.05) is 6.61 Å². The normalized spacial score (nSPS) is 10.5. The van der Waals surface area contributed by atoms with Crippen LogP contribution in [-0.4, -0.2) is 12.9 Å². The average Bonchev–Trinajstić information content (AvgIpc) is 2.47. The molecule has 0 bridgehead atoms. The average molecular weight is 341 g/mol. The van der Waals surface area contributed by atoms with E-state index in [-0.39, 0.29) is 0 Å². The van der Waals surface area contributed by atoms with Gasteiger partial charge in [-0.3, -0.25) is 4.79 Å². The first-order valence-corrected chi connectivity index (χ1v) is 8.44. The molecule has 0 aliphatic rings. The zero-order valence-corrected chi connectivity index (χ0v) is 14.0. The van der Waals surface area contributed by atoms with Gasteiger partial charge in [0.2, 0.25) is 0 Å². The van der Waals surface area contributed by atoms with Crippen molar-refractivity contribution in [3.8, 4) is 5.75 Å². The molecule has 0 aliphatic heterocycles. The van der Waals surface area contributed by atoms with Gasteiger partial charge in [-0.25, -0.2) is 0 Å². The number of halogens is 1. The molecule has 0 N–H and O–H groups in total. The predicted molar refractivity (Wildman–Crippen MR) is 87.6 cm³/mol. The van der Waals surface area contributed by atoms with Crippen LogP contribution in [-0.2, 0) is 0 Å². The topological polar surface area (TPSA) is 26.3 Å². The largest absolute Gasteiger partial charge is 0.494 e. The third-order valence-corrected chi connectivity index (χ3v) is 4.08. The van der Waals surface area contributed by atoms with Crippen LogP contribution in [0.3, 0.4) is 0 Å². The van der Waals surface area contributed by atoms with Crippen LogP contribution in [0.15, 0.2) is 22.7 Å². The van der Waals surface area contributed by atoms with Gasteiger partial charge in [-0.05, 0) is 24.6 Å². The quantitative estimate of drug-likeness (QED) is 0.377. The summed E-state index contributed by atoms with van der Waals surface area (Å²) >= 11 is 3.33. The van der Waals surface area contributed by atoms with E-state index >= 15 is 0 Å². The Bertz CT molecular complexity index is 391. The Morgan fingerprint density at radius 2 is 1.70 bits per heavy atom. The lowest BCUT2D eigenvalue weighted by Crippen LogP contribution is -1.98. The van der Waals surface area contributed by atoms with Crippen molar-refractivity contribution in [3.05, 3.63) is 28.2 Å². The zero-order chi connectivity index (χ0) is 14.6. The van der Waals surface area contributed by atoms with Crippen molar-refractivity contribution in [1.82, 2.24) is 0 Å². The molecular formula is C17H25BrO2. The monoisotopic (exact) mass is 340 g/mol. The molecule has 1 rings (SSSR count). The van der Waals surface area contributed by atoms with Gasteiger partial charge in [0, 0.05) is 10.0 Å². The Hall–Kier alpha value is -0.830. The SMILES string of the molecule is CCCCCCCCCCOc1ccc(Br)c(C=O)c1. The van der Waals surface area contributed by atoms with E-state index in [0.29, 0.717) is 5.56 Å². The van der Waals surface area contributed by atoms with Crippen LogP contribution in [0.25, 0.3) is 0 Å². The molecule has 2 nitrogen and oxygen atoms in total. The van der Waals surface area contributed by atoms with Gasteiger partial charge in [0.1, 0.15) is 5.75 Å². The molecule has 0 saturated carbocycles. The molecule has 0 heterocycles. The number of aldehydes is 1. The summed E-state index contributed by atoms with van der Waals surface area (Å²) in [4.78, 5) is 10.8. The number of hydrogen-bond donors (Lipinski definition) is 0. The molecule has 0 spiro atoms. The molecule has 0 atom stereocenters. The summed E-state index contributed by atoms with van der Waals surface area (Å²) in [7, 11) is 0. The highest BCUT2D eigenvalue weighted by Gasteiger charge is 2.01. The van der Waals surface area contributed by atoms with E-state index in [0.717, 1.165) is 29.5 Å². The first-order valence-electron chi connectivity index (χ1n) is 7.65. The van der Waals surface area contributed by atoms with Gasteiger partial charge in [0.25, 0.3) is 0 Å². The van der Waals surface area contributed by atoms with E-state index in [1.807, 2.05) is 12.1 Å². The van der Waals surface area contributed by atoms with Crippen molar-refractivity contribution in [2.45, 2.75) is 58.3 Å². The van der Waals surface area contributed by atoms with Gasteiger partial charge in [-0.2, -0.15) is 0 Å². The highest BCUT2D eigenvalue weighted by molar-refractivity contribution is 9.10. The minimum atomic E-state index is 0.637. The van der Waals surface area contributed by atoms with Crippen LogP contribution in [0.1, 0.15) is 68.6 Å². The number of carbonyl (C=O) groups is 1. The molecule has 0 amide bonds. The summed E-state index contributed by atoms with van der Waals surface area (Å²) in [6, 6.07) is 5.52. The maximum Gasteiger partial charge on any atom is 0.151 e. The maximum atomic E-state index is 10.8. The summed E-state index contributed by atoms with van der Waals surface area (Å²) in [6.07, 6.45) is 11.2. The molecule has 0 fully saturated rings. The molecule has 1 aromatic carbocycles. The number of rotatable bonds is 11. The van der Waals surface area contributed by atoms with Crippen molar-refractivity contribution >= 4 is 22.2 Å². The Morgan fingerprint density at radius 1 is 1.05 bits per heavy atom. The summed E-state index contributed by atoms with van der Waals surface area (Å²) < 4.78 is 6.48. The van der Waals surface area contributed by atoms with Gasteiger partial charge in [-0.1, -0.05) is 67.8 Å². The third-order valence-electron chi connectivity index (χ3n) is 3.36. The Kier molecular flexibility index (Phi) is 9.38. The van der Waals surface area contributed by atoms with Crippen molar-refractivity contribution in [2.24, 2.45) is 0 Å². The van der Waals surface area contributed by atoms with Crippen LogP contribution in [0.2, 0.25) is 0 Å². The van der Waals surface area contributed by atoms with E-state index < -0.39 is 0 Å². The fourth-order valence-electron chi connectivity index (χ4n) is 2.13. The van der Waals surface area contributed by atoms with Gasteiger partial charge < -0.3 is 4.74 Å². The van der Waals surface area contributed by atoms with E-state index in [1.165, 1.54) is 44.9 Å². The van der Waals surface area contributed by atoms with Crippen molar-refractivity contribution in [1.29, 1.82) is 0 Å². The second kappa shape index (κ2) is 10.9. The highest BCUT2D eigenvalue weighted by Crippen LogP contribution is 2.21. The van der Waals surface area contributed by atoms with Crippen molar-refractivity contribution in [3.63, 3.8) is 0 Å². The van der Waals surface area contributed by atoms with E-state index in [9.17, 15) is 4.79 Å². The minimum Gasteiger partial charge on any atom is -0.494 e. The second-order valence-corrected chi connectivity index (χ2v) is 5.98. The van der Waals surface area contributed by atoms with E-state index in [4.69, 9.17) is 4.74 Å². The summed E-state index contributed by atoms with van der Waals surface area (Å²) in [5, 5.41) is 0. The second-order valence-electron chi connectivity index (χ2n) is 5.12. The van der Waals surface area contributed by atoms with Gasteiger partial charge in [-0.15, -0.1) is 0 Å². The van der Waals surface area contributed by atoms with Gasteiger partial charge in [0.15, 0.2) is 6.29 Å². The smallest absolute Gasteiger partial charge is 0.151 e. The van der Waals surface area contributed by atoms with Crippen molar-refractivity contribution < 1.29 is 9.53 Å². The van der Waals surface area contributed by atoms with E-state index in [1.54, 1.807) is 6.07 Å². The summed E-state index contributed by atoms with van der Waals surface area (Å²) in [5.74, 6) is 0.776. The maximum absolute atomic E-state index is 10.8. The molecule has 0 unspecified atom stereocenters. The van der Waals surface area contributed by atoms with Gasteiger partial charge in [0.05, 0.1) is 6.61 Å². The zero-order valence-electron chi connectivity index (χ0n) is 12.4. The molecule has 3 heteroatoms. The number of unbranched alkanes of at least 4 members (excludes halogenated alkanes) is 7. The first kappa shape index (κ1) is 17.2. The standard InChI is InChI=1S/C17H25BrO2/c1-2-3-4-5-6-7-8-9-12-20-16-10-11-17(18)15(13-16)14-19/h10-11,13-14H,2-9,12H2,1H3. The molecular weight excluding hydrogens is 316 g/mol. The van der Waals surface area contributed by atoms with Crippen LogP contribution < -0.4 is 4.74 Å². The lowest BCUT2D eigenvalue weighted by molar-refractivity contribution is 0.112. The molecule has 0 aromatic heterocycles. The van der Waals surface area contributed by atoms with E-state index in [2.05, 4.69) is 22.9 Å². The lowest BCUT2D eigenvalue weighted by atomic mass is 10.1. The van der Waals surface area contributed by atoms with Crippen LogP contribution in [0.4, 0.5) is 0 Å². The number of carbonyl (C=O) groups excluding carboxylic acids is 1. The number of benzene rings is 1. The Morgan fingerprint density at radius 3 is 2.35 bits per heavy atom. The number of hydrogen-bond acceptors (Lipinski definition) is 2. The number of ether oxygens (including phenoxy) is 1. The Balaban J connectivity index is 2.08. The summed E-state index contributed by atoms with van der Waals surface area (Å²) in [5.41, 5.74) is 0.637. The molecule has 0 saturated heterocycles. The molecule has 112 valence electrons. The Labute approximate surface area is 131 Å². The third kappa shape index (κ3) is 7.09. The van der Waals surface area contributed by atoms with Crippen LogP contribution >= 0.6 is 15.9 Å². The van der Waals surface area contributed by atoms with Crippen LogP contribution in [0, 0.1) is 0 Å². The summed E-state index contributed by atoms with van der Waals surface area (Å²) in [6.45, 7) is 2.98. The molecule has 0 radical (unpaired) electrons. The molecule has 1 aromatic rings. The van der Waals surface area contributed by atoms with Crippen LogP contribution in [0.5, 0.6) is 5.75 Å². The highest BCUT2D eigenvalue weighted by atomic mass is 79.9. The fourth-order valence-corrected chi connectivity index (χ4v) is 2.47. The fraction of sp³-hybridized carbons (Fsp3) is 0.588. The molecule has 0 aliphatic carbocycles. The minimum absolute atomic E-state index is 0.637.